The number of sulfonamides is 1. The molecule has 0 aliphatic heterocycles. The van der Waals surface area contributed by atoms with Crippen LogP contribution in [0.4, 0.5) is 5.82 Å². The molecular weight excluding hydrogens is 262 g/mol. The predicted octanol–water partition coefficient (Wildman–Crippen LogP) is 1.86. The molecule has 106 valence electrons. The van der Waals surface area contributed by atoms with Crippen molar-refractivity contribution in [2.24, 2.45) is 5.92 Å². The Morgan fingerprint density at radius 2 is 2.05 bits per heavy atom. The zero-order valence-corrected chi connectivity index (χ0v) is 12.1. The highest BCUT2D eigenvalue weighted by atomic mass is 32.2. The minimum atomic E-state index is -3.52. The molecule has 0 radical (unpaired) electrons. The van der Waals surface area contributed by atoms with Gasteiger partial charge in [-0.15, -0.1) is 0 Å². The standard InChI is InChI=1S/C13H21N3O2S/c1-16(10-11-6-3-2-4-7-11)19(17,18)12-8-5-9-15-13(12)14/h5,8-9,11H,2-4,6-7,10H2,1H3,(H2,14,15). The first-order valence-corrected chi connectivity index (χ1v) is 8.12. The van der Waals surface area contributed by atoms with Crippen molar-refractivity contribution in [1.29, 1.82) is 0 Å². The molecule has 2 rings (SSSR count). The van der Waals surface area contributed by atoms with E-state index in [-0.39, 0.29) is 10.7 Å². The van der Waals surface area contributed by atoms with Crippen LogP contribution in [0.2, 0.25) is 0 Å². The molecule has 0 atom stereocenters. The van der Waals surface area contributed by atoms with Gasteiger partial charge >= 0.3 is 0 Å². The van der Waals surface area contributed by atoms with Gasteiger partial charge in [0.25, 0.3) is 0 Å². The first-order chi connectivity index (χ1) is 9.01. The molecule has 1 aromatic rings. The Kier molecular flexibility index (Phi) is 4.42. The van der Waals surface area contributed by atoms with Crippen LogP contribution in [0.3, 0.4) is 0 Å². The summed E-state index contributed by atoms with van der Waals surface area (Å²) in [5.41, 5.74) is 5.66. The molecule has 19 heavy (non-hydrogen) atoms. The third-order valence-electron chi connectivity index (χ3n) is 3.73. The smallest absolute Gasteiger partial charge is 0.246 e. The molecule has 1 aromatic heterocycles. The number of anilines is 1. The average molecular weight is 283 g/mol. The van der Waals surface area contributed by atoms with Crippen LogP contribution in [0.5, 0.6) is 0 Å². The molecule has 0 aromatic carbocycles. The van der Waals surface area contributed by atoms with E-state index in [0.29, 0.717) is 12.5 Å². The largest absolute Gasteiger partial charge is 0.383 e. The number of hydrogen-bond donors (Lipinski definition) is 1. The zero-order chi connectivity index (χ0) is 13.9. The molecule has 0 spiro atoms. The second-order valence-corrected chi connectivity index (χ2v) is 7.19. The molecule has 6 heteroatoms. The topological polar surface area (TPSA) is 76.3 Å². The molecule has 1 heterocycles. The summed E-state index contributed by atoms with van der Waals surface area (Å²) in [6.07, 6.45) is 7.39. The van der Waals surface area contributed by atoms with Gasteiger partial charge in [-0.3, -0.25) is 0 Å². The van der Waals surface area contributed by atoms with Crippen LogP contribution in [0.15, 0.2) is 23.2 Å². The number of rotatable bonds is 4. The maximum Gasteiger partial charge on any atom is 0.246 e. The Hall–Kier alpha value is -1.14. The second kappa shape index (κ2) is 5.88. The third-order valence-corrected chi connectivity index (χ3v) is 5.60. The molecule has 0 amide bonds. The molecule has 0 bridgehead atoms. The Morgan fingerprint density at radius 1 is 1.37 bits per heavy atom. The fraction of sp³-hybridized carbons (Fsp3) is 0.615. The predicted molar refractivity (Wildman–Crippen MR) is 75.0 cm³/mol. The van der Waals surface area contributed by atoms with E-state index < -0.39 is 10.0 Å². The number of nitrogens with zero attached hydrogens (tertiary/aromatic N) is 2. The van der Waals surface area contributed by atoms with Crippen molar-refractivity contribution in [2.45, 2.75) is 37.0 Å². The second-order valence-electron chi connectivity index (χ2n) is 5.18. The molecule has 1 aliphatic carbocycles. The Morgan fingerprint density at radius 3 is 2.68 bits per heavy atom. The van der Waals surface area contributed by atoms with E-state index in [1.54, 1.807) is 13.1 Å². The summed E-state index contributed by atoms with van der Waals surface area (Å²) in [5.74, 6) is 0.532. The minimum absolute atomic E-state index is 0.0676. The molecule has 0 unspecified atom stereocenters. The van der Waals surface area contributed by atoms with Gasteiger partial charge in [0.05, 0.1) is 0 Å². The van der Waals surface area contributed by atoms with E-state index in [0.717, 1.165) is 12.8 Å². The summed E-state index contributed by atoms with van der Waals surface area (Å²) in [6, 6.07) is 3.10. The monoisotopic (exact) mass is 283 g/mol. The zero-order valence-electron chi connectivity index (χ0n) is 11.2. The maximum absolute atomic E-state index is 12.4. The van der Waals surface area contributed by atoms with Crippen LogP contribution >= 0.6 is 0 Å². The highest BCUT2D eigenvalue weighted by Gasteiger charge is 2.26. The summed E-state index contributed by atoms with van der Waals surface area (Å²) in [6.45, 7) is 0.566. The van der Waals surface area contributed by atoms with Crippen molar-refractivity contribution in [3.63, 3.8) is 0 Å². The first-order valence-electron chi connectivity index (χ1n) is 6.68. The molecule has 5 nitrogen and oxygen atoms in total. The quantitative estimate of drug-likeness (QED) is 0.915. The Bertz CT molecular complexity index is 524. The van der Waals surface area contributed by atoms with Crippen molar-refractivity contribution in [3.05, 3.63) is 18.3 Å². The summed E-state index contributed by atoms with van der Waals surface area (Å²) < 4.78 is 26.3. The van der Waals surface area contributed by atoms with Gasteiger partial charge in [-0.2, -0.15) is 0 Å². The fourth-order valence-electron chi connectivity index (χ4n) is 2.62. The van der Waals surface area contributed by atoms with Gasteiger partial charge in [-0.05, 0) is 30.9 Å². The normalized spacial score (nSPS) is 17.8. The summed E-state index contributed by atoms with van der Waals surface area (Å²) in [4.78, 5) is 3.95. The number of hydrogen-bond acceptors (Lipinski definition) is 4. The minimum Gasteiger partial charge on any atom is -0.383 e. The van der Waals surface area contributed by atoms with E-state index in [9.17, 15) is 8.42 Å². The maximum atomic E-state index is 12.4. The molecule has 1 aliphatic rings. The summed E-state index contributed by atoms with van der Waals surface area (Å²) in [5, 5.41) is 0. The van der Waals surface area contributed by atoms with Crippen molar-refractivity contribution in [3.8, 4) is 0 Å². The number of pyridine rings is 1. The van der Waals surface area contributed by atoms with Crippen LogP contribution in [-0.4, -0.2) is 31.3 Å². The van der Waals surface area contributed by atoms with Crippen LogP contribution in [0.25, 0.3) is 0 Å². The van der Waals surface area contributed by atoms with Gasteiger partial charge < -0.3 is 5.73 Å². The van der Waals surface area contributed by atoms with E-state index in [2.05, 4.69) is 4.98 Å². The average Bonchev–Trinajstić information content (AvgIpc) is 2.40. The lowest BCUT2D eigenvalue weighted by molar-refractivity contribution is 0.300. The molecular formula is C13H21N3O2S. The van der Waals surface area contributed by atoms with Gasteiger partial charge in [0.1, 0.15) is 10.7 Å². The SMILES string of the molecule is CN(CC1CCCCC1)S(=O)(=O)c1cccnc1N. The van der Waals surface area contributed by atoms with Crippen LogP contribution in [-0.2, 0) is 10.0 Å². The molecule has 1 fully saturated rings. The van der Waals surface area contributed by atoms with Gasteiger partial charge in [0.15, 0.2) is 0 Å². The van der Waals surface area contributed by atoms with E-state index >= 15 is 0 Å². The van der Waals surface area contributed by atoms with Crippen LogP contribution in [0.1, 0.15) is 32.1 Å². The van der Waals surface area contributed by atoms with Gasteiger partial charge in [0, 0.05) is 19.8 Å². The van der Waals surface area contributed by atoms with Gasteiger partial charge in [-0.1, -0.05) is 19.3 Å². The van der Waals surface area contributed by atoms with Crippen molar-refractivity contribution in [2.75, 3.05) is 19.3 Å². The van der Waals surface area contributed by atoms with Crippen molar-refractivity contribution >= 4 is 15.8 Å². The fourth-order valence-corrected chi connectivity index (χ4v) is 3.93. The lowest BCUT2D eigenvalue weighted by Gasteiger charge is -2.26. The number of nitrogen functional groups attached to an aromatic ring is 1. The third kappa shape index (κ3) is 3.25. The number of nitrogens with two attached hydrogens (primary N) is 1. The highest BCUT2D eigenvalue weighted by Crippen LogP contribution is 2.26. The van der Waals surface area contributed by atoms with E-state index in [1.807, 2.05) is 0 Å². The summed E-state index contributed by atoms with van der Waals surface area (Å²) in [7, 11) is -1.90. The van der Waals surface area contributed by atoms with Gasteiger partial charge in [-0.25, -0.2) is 17.7 Å². The van der Waals surface area contributed by atoms with E-state index in [4.69, 9.17) is 5.73 Å². The van der Waals surface area contributed by atoms with Crippen LogP contribution in [0, 0.1) is 5.92 Å². The first kappa shape index (κ1) is 14.3. The molecule has 2 N–H and O–H groups in total. The van der Waals surface area contributed by atoms with Crippen LogP contribution < -0.4 is 5.73 Å². The van der Waals surface area contributed by atoms with E-state index in [1.165, 1.54) is 35.8 Å². The lowest BCUT2D eigenvalue weighted by Crippen LogP contribution is -2.33. The molecule has 1 saturated carbocycles. The number of aromatic nitrogens is 1. The Balaban J connectivity index is 2.13. The molecule has 0 saturated heterocycles. The lowest BCUT2D eigenvalue weighted by atomic mass is 9.89. The van der Waals surface area contributed by atoms with Crippen molar-refractivity contribution < 1.29 is 8.42 Å². The highest BCUT2D eigenvalue weighted by molar-refractivity contribution is 7.89. The van der Waals surface area contributed by atoms with Gasteiger partial charge in [0.2, 0.25) is 10.0 Å². The van der Waals surface area contributed by atoms with Crippen molar-refractivity contribution in [1.82, 2.24) is 9.29 Å². The summed E-state index contributed by atoms with van der Waals surface area (Å²) >= 11 is 0. The Labute approximate surface area is 114 Å².